The third kappa shape index (κ3) is 2.43. The Balaban J connectivity index is 2.04. The summed E-state index contributed by atoms with van der Waals surface area (Å²) in [6.45, 7) is 2.16. The summed E-state index contributed by atoms with van der Waals surface area (Å²) >= 11 is 0. The average Bonchev–Trinajstić information content (AvgIpc) is 2.59. The lowest BCUT2D eigenvalue weighted by atomic mass is 9.96. The first-order valence-corrected chi connectivity index (χ1v) is 6.80. The molecule has 2 heteroatoms. The number of hydrogen-bond donors (Lipinski definition) is 0. The van der Waals surface area contributed by atoms with E-state index < -0.39 is 0 Å². The smallest absolute Gasteiger partial charge is 0.163 e. The highest BCUT2D eigenvalue weighted by Crippen LogP contribution is 2.28. The van der Waals surface area contributed by atoms with E-state index in [9.17, 15) is 4.79 Å². The standard InChI is InChI=1S/C17H17NO/c1-12-2-3-14-4-5-15(11-16(14)17(19)10-12)13-6-8-18-9-7-13/h4-9,11-12H,2-3,10H2,1H3. The molecule has 2 aromatic rings. The maximum atomic E-state index is 12.3. The number of hydrogen-bond acceptors (Lipinski definition) is 2. The molecule has 0 spiro atoms. The summed E-state index contributed by atoms with van der Waals surface area (Å²) in [7, 11) is 0. The number of pyridine rings is 1. The van der Waals surface area contributed by atoms with E-state index in [0.29, 0.717) is 12.3 Å². The third-order valence-corrected chi connectivity index (χ3v) is 3.86. The van der Waals surface area contributed by atoms with Gasteiger partial charge in [0, 0.05) is 24.4 Å². The van der Waals surface area contributed by atoms with Crippen molar-refractivity contribution in [2.75, 3.05) is 0 Å². The maximum absolute atomic E-state index is 12.3. The Bertz CT molecular complexity index is 604. The number of ketones is 1. The van der Waals surface area contributed by atoms with Crippen molar-refractivity contribution < 1.29 is 4.79 Å². The average molecular weight is 251 g/mol. The van der Waals surface area contributed by atoms with Crippen molar-refractivity contribution in [3.63, 3.8) is 0 Å². The topological polar surface area (TPSA) is 30.0 Å². The van der Waals surface area contributed by atoms with Crippen molar-refractivity contribution in [2.24, 2.45) is 5.92 Å². The van der Waals surface area contributed by atoms with Crippen molar-refractivity contribution in [3.8, 4) is 11.1 Å². The highest BCUT2D eigenvalue weighted by atomic mass is 16.1. The number of nitrogens with zero attached hydrogens (tertiary/aromatic N) is 1. The van der Waals surface area contributed by atoms with Gasteiger partial charge in [-0.3, -0.25) is 9.78 Å². The number of rotatable bonds is 1. The molecule has 1 heterocycles. The third-order valence-electron chi connectivity index (χ3n) is 3.86. The summed E-state index contributed by atoms with van der Waals surface area (Å²) in [5.74, 6) is 0.778. The van der Waals surface area contributed by atoms with Gasteiger partial charge >= 0.3 is 0 Å². The van der Waals surface area contributed by atoms with Gasteiger partial charge in [0.05, 0.1) is 0 Å². The Hall–Kier alpha value is -1.96. The largest absolute Gasteiger partial charge is 0.294 e. The number of Topliss-reactive ketones (excluding diaryl/α,β-unsaturated/α-hetero) is 1. The Labute approximate surface area is 113 Å². The Morgan fingerprint density at radius 2 is 1.89 bits per heavy atom. The summed E-state index contributed by atoms with van der Waals surface area (Å²) in [5, 5.41) is 0. The molecule has 0 bridgehead atoms. The molecule has 3 rings (SSSR count). The molecule has 0 aliphatic heterocycles. The van der Waals surface area contributed by atoms with E-state index in [1.54, 1.807) is 12.4 Å². The molecule has 96 valence electrons. The first-order valence-electron chi connectivity index (χ1n) is 6.80. The van der Waals surface area contributed by atoms with E-state index in [4.69, 9.17) is 0 Å². The van der Waals surface area contributed by atoms with Crippen molar-refractivity contribution in [2.45, 2.75) is 26.2 Å². The van der Waals surface area contributed by atoms with Crippen LogP contribution in [0, 0.1) is 5.92 Å². The summed E-state index contributed by atoms with van der Waals surface area (Å²) < 4.78 is 0. The summed E-state index contributed by atoms with van der Waals surface area (Å²) in [6, 6.07) is 10.2. The van der Waals surface area contributed by atoms with Crippen LogP contribution in [0.4, 0.5) is 0 Å². The van der Waals surface area contributed by atoms with Crippen molar-refractivity contribution in [1.29, 1.82) is 0 Å². The minimum Gasteiger partial charge on any atom is -0.294 e. The lowest BCUT2D eigenvalue weighted by Gasteiger charge is -2.08. The number of carbonyl (C=O) groups excluding carboxylic acids is 1. The predicted octanol–water partition coefficient (Wildman–Crippen LogP) is 3.90. The number of fused-ring (bicyclic) bond motifs is 1. The fourth-order valence-corrected chi connectivity index (χ4v) is 2.71. The van der Waals surface area contributed by atoms with Crippen LogP contribution in [0.1, 0.15) is 35.7 Å². The van der Waals surface area contributed by atoms with E-state index in [2.05, 4.69) is 24.0 Å². The van der Waals surface area contributed by atoms with E-state index in [0.717, 1.165) is 29.5 Å². The first kappa shape index (κ1) is 12.1. The van der Waals surface area contributed by atoms with Crippen LogP contribution in [0.3, 0.4) is 0 Å². The highest BCUT2D eigenvalue weighted by Gasteiger charge is 2.20. The van der Waals surface area contributed by atoms with Crippen LogP contribution in [0.5, 0.6) is 0 Å². The van der Waals surface area contributed by atoms with Gasteiger partial charge in [-0.25, -0.2) is 0 Å². The minimum absolute atomic E-state index is 0.288. The van der Waals surface area contributed by atoms with Crippen LogP contribution in [-0.2, 0) is 6.42 Å². The summed E-state index contributed by atoms with van der Waals surface area (Å²) in [4.78, 5) is 16.3. The quantitative estimate of drug-likeness (QED) is 0.719. The predicted molar refractivity (Wildman–Crippen MR) is 76.1 cm³/mol. The normalized spacial score (nSPS) is 18.8. The second-order valence-electron chi connectivity index (χ2n) is 5.38. The molecule has 1 aliphatic carbocycles. The molecule has 1 aromatic carbocycles. The molecular formula is C17H17NO. The molecule has 1 atom stereocenters. The molecule has 1 aliphatic rings. The van der Waals surface area contributed by atoms with Crippen molar-refractivity contribution >= 4 is 5.78 Å². The Kier molecular flexibility index (Phi) is 3.16. The number of aryl methyl sites for hydroxylation is 1. The first-order chi connectivity index (χ1) is 9.24. The highest BCUT2D eigenvalue weighted by molar-refractivity contribution is 5.99. The summed E-state index contributed by atoms with van der Waals surface area (Å²) in [6.07, 6.45) is 6.36. The van der Waals surface area contributed by atoms with Gasteiger partial charge in [-0.15, -0.1) is 0 Å². The van der Waals surface area contributed by atoms with Gasteiger partial charge in [0.25, 0.3) is 0 Å². The number of aromatic nitrogens is 1. The fraction of sp³-hybridized carbons (Fsp3) is 0.294. The van der Waals surface area contributed by atoms with Crippen LogP contribution in [-0.4, -0.2) is 10.8 Å². The molecule has 19 heavy (non-hydrogen) atoms. The fourth-order valence-electron chi connectivity index (χ4n) is 2.71. The van der Waals surface area contributed by atoms with Gasteiger partial charge in [-0.2, -0.15) is 0 Å². The zero-order valence-electron chi connectivity index (χ0n) is 11.1. The summed E-state index contributed by atoms with van der Waals surface area (Å²) in [5.41, 5.74) is 4.33. The molecular weight excluding hydrogens is 234 g/mol. The van der Waals surface area contributed by atoms with Crippen LogP contribution in [0.25, 0.3) is 11.1 Å². The van der Waals surface area contributed by atoms with Gasteiger partial charge < -0.3 is 0 Å². The SMILES string of the molecule is CC1CCc2ccc(-c3ccncc3)cc2C(=O)C1. The van der Waals surface area contributed by atoms with Crippen LogP contribution < -0.4 is 0 Å². The Morgan fingerprint density at radius 3 is 2.68 bits per heavy atom. The second-order valence-corrected chi connectivity index (χ2v) is 5.38. The molecule has 0 saturated heterocycles. The van der Waals surface area contributed by atoms with Crippen molar-refractivity contribution in [3.05, 3.63) is 53.9 Å². The lowest BCUT2D eigenvalue weighted by molar-refractivity contribution is 0.0967. The molecule has 1 unspecified atom stereocenters. The van der Waals surface area contributed by atoms with E-state index in [1.807, 2.05) is 18.2 Å². The molecule has 0 radical (unpaired) electrons. The molecule has 0 N–H and O–H groups in total. The molecule has 1 aromatic heterocycles. The maximum Gasteiger partial charge on any atom is 0.163 e. The monoisotopic (exact) mass is 251 g/mol. The molecule has 0 saturated carbocycles. The van der Waals surface area contributed by atoms with Gasteiger partial charge in [0.1, 0.15) is 0 Å². The minimum atomic E-state index is 0.288. The second kappa shape index (κ2) is 4.96. The molecule has 2 nitrogen and oxygen atoms in total. The van der Waals surface area contributed by atoms with Crippen LogP contribution in [0.2, 0.25) is 0 Å². The van der Waals surface area contributed by atoms with Gasteiger partial charge in [-0.05, 0) is 53.6 Å². The van der Waals surface area contributed by atoms with E-state index in [1.165, 1.54) is 5.56 Å². The lowest BCUT2D eigenvalue weighted by Crippen LogP contribution is -2.03. The van der Waals surface area contributed by atoms with Crippen molar-refractivity contribution in [1.82, 2.24) is 4.98 Å². The Morgan fingerprint density at radius 1 is 1.11 bits per heavy atom. The van der Waals surface area contributed by atoms with Crippen LogP contribution >= 0.6 is 0 Å². The van der Waals surface area contributed by atoms with Gasteiger partial charge in [-0.1, -0.05) is 19.1 Å². The number of carbonyl (C=O) groups is 1. The van der Waals surface area contributed by atoms with Gasteiger partial charge in [0.2, 0.25) is 0 Å². The molecule has 0 amide bonds. The zero-order chi connectivity index (χ0) is 13.2. The van der Waals surface area contributed by atoms with E-state index in [-0.39, 0.29) is 5.78 Å². The zero-order valence-corrected chi connectivity index (χ0v) is 11.1. The van der Waals surface area contributed by atoms with E-state index >= 15 is 0 Å². The number of benzene rings is 1. The van der Waals surface area contributed by atoms with Gasteiger partial charge in [0.15, 0.2) is 5.78 Å². The molecule has 0 fully saturated rings. The van der Waals surface area contributed by atoms with Crippen LogP contribution in [0.15, 0.2) is 42.7 Å².